The highest BCUT2D eigenvalue weighted by molar-refractivity contribution is 7.99. The molecule has 1 atom stereocenters. The molecule has 1 aromatic heterocycles. The molecule has 5 heteroatoms. The minimum Gasteiger partial charge on any atom is -0.364 e. The van der Waals surface area contributed by atoms with Gasteiger partial charge in [0.25, 0.3) is 0 Å². The molecule has 0 saturated carbocycles. The molecule has 0 aromatic carbocycles. The molecule has 0 spiro atoms. The molecule has 0 amide bonds. The Hall–Kier alpha value is -0.810. The van der Waals surface area contributed by atoms with Gasteiger partial charge in [-0.25, -0.2) is 9.97 Å². The van der Waals surface area contributed by atoms with E-state index in [0.717, 1.165) is 24.6 Å². The van der Waals surface area contributed by atoms with Gasteiger partial charge in [0.05, 0.1) is 17.6 Å². The van der Waals surface area contributed by atoms with Crippen LogP contribution in [0.5, 0.6) is 0 Å². The summed E-state index contributed by atoms with van der Waals surface area (Å²) in [5, 5.41) is 3.50. The second-order valence-electron chi connectivity index (χ2n) is 6.37. The minimum absolute atomic E-state index is 0.367. The first-order valence-corrected chi connectivity index (χ1v) is 9.08. The van der Waals surface area contributed by atoms with Crippen LogP contribution in [0.4, 0.5) is 5.69 Å². The van der Waals surface area contributed by atoms with Crippen molar-refractivity contribution in [2.75, 3.05) is 23.0 Å². The number of aromatic nitrogens is 2. The first-order chi connectivity index (χ1) is 9.99. The molecule has 1 aliphatic rings. The average Bonchev–Trinajstić information content (AvgIpc) is 2.45. The maximum Gasteiger partial charge on any atom is 0.131 e. The van der Waals surface area contributed by atoms with Gasteiger partial charge in [0.15, 0.2) is 0 Å². The van der Waals surface area contributed by atoms with Crippen LogP contribution in [0.3, 0.4) is 0 Å². The van der Waals surface area contributed by atoms with Crippen LogP contribution in [0.1, 0.15) is 52.1 Å². The summed E-state index contributed by atoms with van der Waals surface area (Å²) < 4.78 is 0. The second-order valence-corrected chi connectivity index (χ2v) is 7.52. The normalized spacial score (nSPS) is 19.6. The quantitative estimate of drug-likeness (QED) is 0.905. The van der Waals surface area contributed by atoms with Crippen molar-refractivity contribution in [2.45, 2.75) is 59.2 Å². The third-order valence-electron chi connectivity index (χ3n) is 3.74. The van der Waals surface area contributed by atoms with Crippen LogP contribution >= 0.6 is 11.8 Å². The molecule has 4 nitrogen and oxygen atoms in total. The maximum atomic E-state index is 4.83. The summed E-state index contributed by atoms with van der Waals surface area (Å²) in [5.74, 6) is 3.68. The topological polar surface area (TPSA) is 41.1 Å². The molecule has 1 saturated heterocycles. The lowest BCUT2D eigenvalue weighted by molar-refractivity contribution is 0.573. The van der Waals surface area contributed by atoms with Crippen molar-refractivity contribution < 1.29 is 0 Å². The fourth-order valence-corrected chi connectivity index (χ4v) is 3.47. The number of hydrogen-bond acceptors (Lipinski definition) is 5. The maximum absolute atomic E-state index is 4.83. The lowest BCUT2D eigenvalue weighted by Crippen LogP contribution is -2.41. The first kappa shape index (κ1) is 16.6. The number of rotatable bonds is 5. The monoisotopic (exact) mass is 308 g/mol. The molecule has 1 aliphatic heterocycles. The molecule has 118 valence electrons. The molecule has 21 heavy (non-hydrogen) atoms. The van der Waals surface area contributed by atoms with Crippen molar-refractivity contribution in [1.82, 2.24) is 15.3 Å². The smallest absolute Gasteiger partial charge is 0.131 e. The van der Waals surface area contributed by atoms with Crippen LogP contribution in [-0.2, 0) is 6.54 Å². The summed E-state index contributed by atoms with van der Waals surface area (Å²) in [5.41, 5.74) is 2.35. The van der Waals surface area contributed by atoms with E-state index in [1.807, 2.05) is 18.0 Å². The number of anilines is 1. The second kappa shape index (κ2) is 7.45. The minimum atomic E-state index is 0.367. The summed E-state index contributed by atoms with van der Waals surface area (Å²) in [4.78, 5) is 11.9. The van der Waals surface area contributed by atoms with Crippen LogP contribution in [-0.4, -0.2) is 40.1 Å². The van der Waals surface area contributed by atoms with Crippen molar-refractivity contribution in [3.63, 3.8) is 0 Å². The van der Waals surface area contributed by atoms with Gasteiger partial charge in [0.2, 0.25) is 0 Å². The van der Waals surface area contributed by atoms with Crippen molar-refractivity contribution >= 4 is 17.4 Å². The Morgan fingerprint density at radius 1 is 1.38 bits per heavy atom. The van der Waals surface area contributed by atoms with E-state index < -0.39 is 0 Å². The summed E-state index contributed by atoms with van der Waals surface area (Å²) in [7, 11) is 0. The predicted molar refractivity (Wildman–Crippen MR) is 92.2 cm³/mol. The third kappa shape index (κ3) is 4.33. The van der Waals surface area contributed by atoms with Crippen molar-refractivity contribution in [2.24, 2.45) is 0 Å². The standard InChI is InChI=1S/C16H28N4S/c1-11(2)16-18-9-15(14(19-16)8-17-12(3)4)20-6-7-21-10-13(20)5/h9,11-13,17H,6-8,10H2,1-5H3. The van der Waals surface area contributed by atoms with E-state index in [1.165, 1.54) is 17.2 Å². The molecule has 1 unspecified atom stereocenters. The van der Waals surface area contributed by atoms with Crippen LogP contribution < -0.4 is 10.2 Å². The summed E-state index contributed by atoms with van der Waals surface area (Å²) in [6, 6.07) is 1.01. The van der Waals surface area contributed by atoms with Gasteiger partial charge < -0.3 is 10.2 Å². The fraction of sp³-hybridized carbons (Fsp3) is 0.750. The molecule has 1 N–H and O–H groups in total. The Labute approximate surface area is 133 Å². The van der Waals surface area contributed by atoms with E-state index in [1.54, 1.807) is 0 Å². The van der Waals surface area contributed by atoms with Gasteiger partial charge in [-0.05, 0) is 6.92 Å². The van der Waals surface area contributed by atoms with Gasteiger partial charge >= 0.3 is 0 Å². The molecular weight excluding hydrogens is 280 g/mol. The predicted octanol–water partition coefficient (Wildman–Crippen LogP) is 3.04. The molecule has 1 aromatic rings. The van der Waals surface area contributed by atoms with E-state index in [0.29, 0.717) is 18.0 Å². The Balaban J connectivity index is 2.29. The van der Waals surface area contributed by atoms with Crippen molar-refractivity contribution in [1.29, 1.82) is 0 Å². The van der Waals surface area contributed by atoms with Gasteiger partial charge in [-0.3, -0.25) is 0 Å². The Morgan fingerprint density at radius 3 is 2.76 bits per heavy atom. The van der Waals surface area contributed by atoms with Crippen LogP contribution in [0, 0.1) is 0 Å². The van der Waals surface area contributed by atoms with Gasteiger partial charge in [-0.1, -0.05) is 27.7 Å². The number of nitrogens with one attached hydrogen (secondary N) is 1. The molecular formula is C16H28N4S. The van der Waals surface area contributed by atoms with Gasteiger partial charge in [-0.15, -0.1) is 0 Å². The van der Waals surface area contributed by atoms with E-state index >= 15 is 0 Å². The summed E-state index contributed by atoms with van der Waals surface area (Å²) in [6.45, 7) is 12.8. The fourth-order valence-electron chi connectivity index (χ4n) is 2.46. The molecule has 0 radical (unpaired) electrons. The van der Waals surface area contributed by atoms with Crippen LogP contribution in [0.25, 0.3) is 0 Å². The molecule has 0 bridgehead atoms. The Bertz CT molecular complexity index is 462. The Kier molecular flexibility index (Phi) is 5.88. The molecule has 0 aliphatic carbocycles. The molecule has 1 fully saturated rings. The van der Waals surface area contributed by atoms with E-state index in [2.05, 4.69) is 49.8 Å². The zero-order valence-corrected chi connectivity index (χ0v) is 14.7. The highest BCUT2D eigenvalue weighted by atomic mass is 32.2. The van der Waals surface area contributed by atoms with E-state index in [9.17, 15) is 0 Å². The lowest BCUT2D eigenvalue weighted by Gasteiger charge is -2.36. The Morgan fingerprint density at radius 2 is 2.14 bits per heavy atom. The zero-order chi connectivity index (χ0) is 15.4. The number of nitrogens with zero attached hydrogens (tertiary/aromatic N) is 3. The SMILES string of the molecule is CC(C)NCc1nc(C(C)C)ncc1N1CCSCC1C. The van der Waals surface area contributed by atoms with Gasteiger partial charge in [0, 0.05) is 42.6 Å². The van der Waals surface area contributed by atoms with E-state index in [-0.39, 0.29) is 0 Å². The highest BCUT2D eigenvalue weighted by Gasteiger charge is 2.23. The van der Waals surface area contributed by atoms with Crippen molar-refractivity contribution in [3.8, 4) is 0 Å². The highest BCUT2D eigenvalue weighted by Crippen LogP contribution is 2.27. The number of hydrogen-bond donors (Lipinski definition) is 1. The molecule has 2 rings (SSSR count). The third-order valence-corrected chi connectivity index (χ3v) is 4.92. The van der Waals surface area contributed by atoms with Gasteiger partial charge in [0.1, 0.15) is 5.82 Å². The molecule has 2 heterocycles. The zero-order valence-electron chi connectivity index (χ0n) is 13.9. The lowest BCUT2D eigenvalue weighted by atomic mass is 10.1. The van der Waals surface area contributed by atoms with Crippen molar-refractivity contribution in [3.05, 3.63) is 17.7 Å². The summed E-state index contributed by atoms with van der Waals surface area (Å²) in [6.07, 6.45) is 2.03. The number of thioether (sulfide) groups is 1. The summed E-state index contributed by atoms with van der Waals surface area (Å²) >= 11 is 2.04. The first-order valence-electron chi connectivity index (χ1n) is 7.92. The van der Waals surface area contributed by atoms with Crippen LogP contribution in [0.2, 0.25) is 0 Å². The largest absolute Gasteiger partial charge is 0.364 e. The van der Waals surface area contributed by atoms with Gasteiger partial charge in [-0.2, -0.15) is 11.8 Å². The van der Waals surface area contributed by atoms with Crippen LogP contribution in [0.15, 0.2) is 6.20 Å². The average molecular weight is 308 g/mol. The van der Waals surface area contributed by atoms with E-state index in [4.69, 9.17) is 4.98 Å².